The Morgan fingerprint density at radius 3 is 2.10 bits per heavy atom. The first-order valence-electron chi connectivity index (χ1n) is 13.8. The topological polar surface area (TPSA) is 105 Å². The van der Waals surface area contributed by atoms with Gasteiger partial charge < -0.3 is 19.7 Å². The van der Waals surface area contributed by atoms with Gasteiger partial charge in [0.15, 0.2) is 11.5 Å². The molecule has 0 saturated carbocycles. The van der Waals surface area contributed by atoms with Crippen LogP contribution >= 0.6 is 0 Å². The fourth-order valence-corrected chi connectivity index (χ4v) is 6.00. The van der Waals surface area contributed by atoms with Gasteiger partial charge in [0, 0.05) is 18.2 Å². The Kier molecular flexibility index (Phi) is 10.6. The molecule has 0 bridgehead atoms. The molecule has 0 aromatic heterocycles. The third-order valence-electron chi connectivity index (χ3n) is 6.75. The molecule has 3 aromatic rings. The second kappa shape index (κ2) is 13.7. The summed E-state index contributed by atoms with van der Waals surface area (Å²) in [5.74, 6) is -0.203. The molecule has 1 N–H and O–H groups in total. The van der Waals surface area contributed by atoms with Crippen molar-refractivity contribution in [3.8, 4) is 11.5 Å². The Balaban J connectivity index is 2.09. The van der Waals surface area contributed by atoms with E-state index in [-0.39, 0.29) is 23.1 Å². The Morgan fingerprint density at radius 1 is 0.905 bits per heavy atom. The van der Waals surface area contributed by atoms with Gasteiger partial charge in [0.1, 0.15) is 12.6 Å². The molecule has 0 spiro atoms. The zero-order valence-corrected chi connectivity index (χ0v) is 26.2. The van der Waals surface area contributed by atoms with Crippen molar-refractivity contribution in [2.45, 2.75) is 64.1 Å². The summed E-state index contributed by atoms with van der Waals surface area (Å²) in [7, 11) is -1.37. The van der Waals surface area contributed by atoms with Gasteiger partial charge in [-0.15, -0.1) is 0 Å². The zero-order chi connectivity index (χ0) is 31.1. The number of aryl methyl sites for hydroxylation is 1. The van der Waals surface area contributed by atoms with E-state index in [9.17, 15) is 18.0 Å². The lowest BCUT2D eigenvalue weighted by Crippen LogP contribution is -2.55. The highest BCUT2D eigenvalue weighted by Crippen LogP contribution is 2.32. The van der Waals surface area contributed by atoms with Crippen LogP contribution in [0.15, 0.2) is 77.7 Å². The third kappa shape index (κ3) is 7.82. The standard InChI is InChI=1S/C32H41N3O6S/c1-8-27(31(37)33-32(3,4)5)34(21-24-15-13-12-14-23(24)2)30(36)22-35(25-16-10-9-11-17-25)42(38,39)26-18-19-28(40-6)29(20-26)41-7/h9-20,27H,8,21-22H2,1-7H3,(H,33,37)/t27-/m0/s1. The van der Waals surface area contributed by atoms with E-state index >= 15 is 0 Å². The van der Waals surface area contributed by atoms with E-state index in [4.69, 9.17) is 9.47 Å². The lowest BCUT2D eigenvalue weighted by molar-refractivity contribution is -0.141. The van der Waals surface area contributed by atoms with Gasteiger partial charge in [0.25, 0.3) is 10.0 Å². The number of carbonyl (C=O) groups excluding carboxylic acids is 2. The van der Waals surface area contributed by atoms with Crippen LogP contribution in [0.3, 0.4) is 0 Å². The van der Waals surface area contributed by atoms with Crippen LogP contribution in [-0.4, -0.2) is 57.5 Å². The van der Waals surface area contributed by atoms with Crippen molar-refractivity contribution in [3.05, 3.63) is 83.9 Å². The van der Waals surface area contributed by atoms with E-state index in [1.807, 2.05) is 58.9 Å². The molecule has 10 heteroatoms. The summed E-state index contributed by atoms with van der Waals surface area (Å²) in [6.07, 6.45) is 0.341. The minimum atomic E-state index is -4.25. The van der Waals surface area contributed by atoms with Crippen molar-refractivity contribution in [3.63, 3.8) is 0 Å². The van der Waals surface area contributed by atoms with E-state index < -0.39 is 34.1 Å². The number of anilines is 1. The number of benzene rings is 3. The maximum absolute atomic E-state index is 14.2. The van der Waals surface area contributed by atoms with Gasteiger partial charge in [0.2, 0.25) is 11.8 Å². The molecule has 0 saturated heterocycles. The van der Waals surface area contributed by atoms with E-state index in [1.54, 1.807) is 30.3 Å². The summed E-state index contributed by atoms with van der Waals surface area (Å²) < 4.78 is 39.9. The lowest BCUT2D eigenvalue weighted by atomic mass is 10.0. The first kappa shape index (κ1) is 32.5. The molecule has 2 amide bonds. The summed E-state index contributed by atoms with van der Waals surface area (Å²) >= 11 is 0. The average molecular weight is 596 g/mol. The molecule has 3 rings (SSSR count). The second-order valence-electron chi connectivity index (χ2n) is 11.0. The number of sulfonamides is 1. The van der Waals surface area contributed by atoms with Crippen LogP contribution in [0.25, 0.3) is 0 Å². The van der Waals surface area contributed by atoms with Gasteiger partial charge in [-0.1, -0.05) is 49.4 Å². The Labute approximate surface area is 249 Å². The molecular weight excluding hydrogens is 554 g/mol. The van der Waals surface area contributed by atoms with Crippen LogP contribution in [-0.2, 0) is 26.2 Å². The smallest absolute Gasteiger partial charge is 0.264 e. The van der Waals surface area contributed by atoms with Crippen molar-refractivity contribution >= 4 is 27.5 Å². The maximum Gasteiger partial charge on any atom is 0.264 e. The molecule has 0 aliphatic rings. The quantitative estimate of drug-likeness (QED) is 0.318. The highest BCUT2D eigenvalue weighted by Gasteiger charge is 2.35. The minimum Gasteiger partial charge on any atom is -0.493 e. The highest BCUT2D eigenvalue weighted by atomic mass is 32.2. The normalized spacial score (nSPS) is 12.3. The van der Waals surface area contributed by atoms with E-state index in [0.717, 1.165) is 15.4 Å². The lowest BCUT2D eigenvalue weighted by Gasteiger charge is -2.35. The number of hydrogen-bond acceptors (Lipinski definition) is 6. The number of nitrogens with zero attached hydrogens (tertiary/aromatic N) is 2. The van der Waals surface area contributed by atoms with Crippen LogP contribution in [0.1, 0.15) is 45.2 Å². The third-order valence-corrected chi connectivity index (χ3v) is 8.52. The molecule has 0 aliphatic heterocycles. The van der Waals surface area contributed by atoms with Gasteiger partial charge in [-0.05, 0) is 69.5 Å². The van der Waals surface area contributed by atoms with Gasteiger partial charge in [-0.2, -0.15) is 0 Å². The van der Waals surface area contributed by atoms with Crippen molar-refractivity contribution in [1.82, 2.24) is 10.2 Å². The summed E-state index contributed by atoms with van der Waals surface area (Å²) in [6.45, 7) is 9.01. The number of para-hydroxylation sites is 1. The van der Waals surface area contributed by atoms with Gasteiger partial charge >= 0.3 is 0 Å². The average Bonchev–Trinajstić information content (AvgIpc) is 2.95. The first-order valence-corrected chi connectivity index (χ1v) is 15.2. The largest absolute Gasteiger partial charge is 0.493 e. The van der Waals surface area contributed by atoms with E-state index in [2.05, 4.69) is 5.32 Å². The van der Waals surface area contributed by atoms with Crippen molar-refractivity contribution in [2.75, 3.05) is 25.1 Å². The minimum absolute atomic E-state index is 0.0697. The molecule has 226 valence electrons. The van der Waals surface area contributed by atoms with Gasteiger partial charge in [-0.25, -0.2) is 8.42 Å². The Bertz CT molecular complexity index is 1490. The molecule has 42 heavy (non-hydrogen) atoms. The Morgan fingerprint density at radius 2 is 1.52 bits per heavy atom. The molecule has 0 radical (unpaired) electrons. The fourth-order valence-electron chi connectivity index (χ4n) is 4.57. The summed E-state index contributed by atoms with van der Waals surface area (Å²) in [5.41, 5.74) is 1.61. The molecular formula is C32H41N3O6S. The van der Waals surface area contributed by atoms with Gasteiger partial charge in [0.05, 0.1) is 24.8 Å². The number of rotatable bonds is 12. The number of methoxy groups -OCH3 is 2. The van der Waals surface area contributed by atoms with E-state index in [0.29, 0.717) is 17.9 Å². The second-order valence-corrected chi connectivity index (χ2v) is 12.8. The molecule has 3 aromatic carbocycles. The summed E-state index contributed by atoms with van der Waals surface area (Å²) in [5, 5.41) is 2.98. The van der Waals surface area contributed by atoms with Crippen LogP contribution in [0.5, 0.6) is 11.5 Å². The van der Waals surface area contributed by atoms with Crippen LogP contribution < -0.4 is 19.1 Å². The molecule has 0 heterocycles. The zero-order valence-electron chi connectivity index (χ0n) is 25.4. The maximum atomic E-state index is 14.2. The van der Waals surface area contributed by atoms with Gasteiger partial charge in [-0.3, -0.25) is 13.9 Å². The fraction of sp³-hybridized carbons (Fsp3) is 0.375. The number of ether oxygens (including phenoxy) is 2. The number of hydrogen-bond donors (Lipinski definition) is 1. The predicted molar refractivity (Wildman–Crippen MR) is 164 cm³/mol. The van der Waals surface area contributed by atoms with Crippen LogP contribution in [0.4, 0.5) is 5.69 Å². The first-order chi connectivity index (χ1) is 19.8. The SMILES string of the molecule is CC[C@@H](C(=O)NC(C)(C)C)N(Cc1ccccc1C)C(=O)CN(c1ccccc1)S(=O)(=O)c1ccc(OC)c(OC)c1. The number of carbonyl (C=O) groups is 2. The van der Waals surface area contributed by atoms with Crippen LogP contribution in [0.2, 0.25) is 0 Å². The summed E-state index contributed by atoms with van der Waals surface area (Å²) in [6, 6.07) is 19.5. The highest BCUT2D eigenvalue weighted by molar-refractivity contribution is 7.92. The number of nitrogens with one attached hydrogen (secondary N) is 1. The Hall–Kier alpha value is -4.05. The molecule has 0 fully saturated rings. The predicted octanol–water partition coefficient (Wildman–Crippen LogP) is 4.93. The van der Waals surface area contributed by atoms with Crippen molar-refractivity contribution in [1.29, 1.82) is 0 Å². The molecule has 0 unspecified atom stereocenters. The molecule has 0 aliphatic carbocycles. The van der Waals surface area contributed by atoms with Crippen molar-refractivity contribution in [2.24, 2.45) is 0 Å². The van der Waals surface area contributed by atoms with Crippen LogP contribution in [0, 0.1) is 6.92 Å². The van der Waals surface area contributed by atoms with E-state index in [1.165, 1.54) is 37.3 Å². The monoisotopic (exact) mass is 595 g/mol. The number of amides is 2. The summed E-state index contributed by atoms with van der Waals surface area (Å²) in [4.78, 5) is 29.1. The molecule has 1 atom stereocenters. The van der Waals surface area contributed by atoms with Crippen molar-refractivity contribution < 1.29 is 27.5 Å². The molecule has 9 nitrogen and oxygen atoms in total.